The maximum Gasteiger partial charge on any atom is 0.326 e. The lowest BCUT2D eigenvalue weighted by molar-refractivity contribution is -0.143. The molecule has 0 unspecified atom stereocenters. The molecule has 17 amide bonds. The number of nitrogens with two attached hydrogens (primary N) is 4. The second-order valence-corrected chi connectivity index (χ2v) is 34.7. The molecule has 134 heavy (non-hydrogen) atoms. The first-order valence-corrected chi connectivity index (χ1v) is 44.0. The van der Waals surface area contributed by atoms with Gasteiger partial charge in [0.25, 0.3) is 0 Å². The first-order valence-electron chi connectivity index (χ1n) is 44.0. The number of carboxylic acids is 3. The zero-order valence-electron chi connectivity index (χ0n) is 76.8. The summed E-state index contributed by atoms with van der Waals surface area (Å²) in [5.74, 6) is -25.6. The minimum atomic E-state index is -1.99. The molecule has 2 aromatic heterocycles. The van der Waals surface area contributed by atoms with Crippen molar-refractivity contribution in [3.63, 3.8) is 0 Å². The number of nitrogens with one attached hydrogen (secondary N) is 16. The molecular weight excluding hydrogens is 1760 g/mol. The van der Waals surface area contributed by atoms with Gasteiger partial charge in [-0.15, -0.1) is 0 Å². The van der Waals surface area contributed by atoms with Crippen LogP contribution in [-0.2, 0) is 115 Å². The SMILES string of the molecule is CC[C@H](C)[C@H](NC(=O)[C@H](CC(=O)O)NC(=O)[C@@H](N)CC(C)C)C(=O)N[C@@H](CCC(N)=O)C(=O)N[C@@H](CCC(N)=O)C(=O)N[C@@H](CC(C)C)C(=O)N[C@@H](Cc1ccc(O)cc1)C(=O)N[C@@H](Cc1c[nH]c2ccccc12)C(=O)N[C@@H](CCC(=O)O)C(=O)N[C@@H](CC(C)C)C(=O)N[C@@H](CO)C(=O)N[C@@H](CCC(N)=O)C(=O)N[C@@H](CC(C)C)C(=O)N[C@H](C(=O)N[C@@H](Cc1cnc[nH]1)C(=O)O)[C@@H](C)O. The quantitative estimate of drug-likeness (QED) is 0.0198. The number of aliphatic carboxylic acids is 3. The number of primary amides is 3. The average Bonchev–Trinajstić information content (AvgIpc) is 1.66. The summed E-state index contributed by atoms with van der Waals surface area (Å²) in [6, 6.07) is -13.6. The summed E-state index contributed by atoms with van der Waals surface area (Å²) >= 11 is 0. The molecule has 0 aliphatic heterocycles. The van der Waals surface area contributed by atoms with Gasteiger partial charge in [-0.2, -0.15) is 0 Å². The molecule has 0 bridgehead atoms. The van der Waals surface area contributed by atoms with Gasteiger partial charge in [-0.3, -0.25) is 91.1 Å². The van der Waals surface area contributed by atoms with Gasteiger partial charge in [-0.05, 0) is 117 Å². The Bertz CT molecular complexity index is 4710. The molecule has 0 saturated carbocycles. The van der Waals surface area contributed by atoms with Crippen LogP contribution < -0.4 is 97.4 Å². The summed E-state index contributed by atoms with van der Waals surface area (Å²) in [5, 5.41) is 96.1. The number of H-pyrrole nitrogens is 2. The highest BCUT2D eigenvalue weighted by Crippen LogP contribution is 2.22. The highest BCUT2D eigenvalue weighted by Gasteiger charge is 2.41. The van der Waals surface area contributed by atoms with Crippen LogP contribution in [0.4, 0.5) is 0 Å². The van der Waals surface area contributed by atoms with Gasteiger partial charge < -0.3 is 138 Å². The van der Waals surface area contributed by atoms with E-state index in [9.17, 15) is 112 Å². The smallest absolute Gasteiger partial charge is 0.326 e. The van der Waals surface area contributed by atoms with E-state index in [1.165, 1.54) is 49.9 Å². The van der Waals surface area contributed by atoms with Crippen molar-refractivity contribution in [3.8, 4) is 5.75 Å². The number of aromatic hydroxyl groups is 1. The molecule has 17 atom stereocenters. The van der Waals surface area contributed by atoms with Gasteiger partial charge in [0.2, 0.25) is 100 Å². The number of phenolic OH excluding ortho intramolecular Hbond substituents is 1. The minimum absolute atomic E-state index is 0.0792. The maximum atomic E-state index is 15.4. The van der Waals surface area contributed by atoms with Crippen molar-refractivity contribution in [2.24, 2.45) is 52.5 Å². The van der Waals surface area contributed by atoms with Gasteiger partial charge in [-0.1, -0.05) is 106 Å². The molecule has 2 aromatic carbocycles. The Hall–Kier alpha value is -13.7. The Morgan fingerprint density at radius 1 is 0.388 bits per heavy atom. The highest BCUT2D eigenvalue weighted by atomic mass is 16.4. The number of aromatic amines is 2. The minimum Gasteiger partial charge on any atom is -0.508 e. The van der Waals surface area contributed by atoms with E-state index in [0.29, 0.717) is 22.2 Å². The van der Waals surface area contributed by atoms with E-state index in [-0.39, 0.29) is 55.8 Å². The van der Waals surface area contributed by atoms with Crippen LogP contribution in [0.3, 0.4) is 0 Å². The molecule has 0 radical (unpaired) electrons. The topological polar surface area (TPSA) is 780 Å². The predicted octanol–water partition coefficient (Wildman–Crippen LogP) is -4.44. The van der Waals surface area contributed by atoms with Crippen LogP contribution in [0.1, 0.15) is 183 Å². The number of hydrogen-bond donors (Lipinski definition) is 26. The third kappa shape index (κ3) is 39.4. The van der Waals surface area contributed by atoms with E-state index in [1.54, 1.807) is 86.6 Å². The fourth-order valence-electron chi connectivity index (χ4n) is 14.0. The first-order chi connectivity index (χ1) is 62.9. The van der Waals surface area contributed by atoms with Crippen LogP contribution in [0.25, 0.3) is 10.9 Å². The van der Waals surface area contributed by atoms with Crippen molar-refractivity contribution in [3.05, 3.63) is 84.1 Å². The summed E-state index contributed by atoms with van der Waals surface area (Å²) < 4.78 is 0. The number of carbonyl (C=O) groups excluding carboxylic acids is 17. The van der Waals surface area contributed by atoms with Crippen LogP contribution in [-0.4, -0.2) is 267 Å². The maximum absolute atomic E-state index is 15.4. The lowest BCUT2D eigenvalue weighted by Gasteiger charge is -2.29. The fraction of sp³-hybridized carbons (Fsp3) is 0.575. The molecule has 30 N–H and O–H groups in total. The van der Waals surface area contributed by atoms with E-state index >= 15 is 14.4 Å². The van der Waals surface area contributed by atoms with Crippen molar-refractivity contribution in [1.29, 1.82) is 0 Å². The molecule has 2 heterocycles. The van der Waals surface area contributed by atoms with Crippen molar-refractivity contribution in [1.82, 2.24) is 89.4 Å². The lowest BCUT2D eigenvalue weighted by atomic mass is 9.96. The Balaban J connectivity index is 1.71. The van der Waals surface area contributed by atoms with Gasteiger partial charge in [0.15, 0.2) is 0 Å². The number of aliphatic hydroxyl groups excluding tert-OH is 2. The Labute approximate surface area is 772 Å². The molecule has 0 aliphatic rings. The number of amides is 17. The van der Waals surface area contributed by atoms with Crippen molar-refractivity contribution in [2.45, 2.75) is 282 Å². The fourth-order valence-corrected chi connectivity index (χ4v) is 14.0. The number of nitrogens with zero attached hydrogens (tertiary/aromatic N) is 1. The van der Waals surface area contributed by atoms with Gasteiger partial charge in [0.05, 0.1) is 31.5 Å². The predicted molar refractivity (Wildman–Crippen MR) is 479 cm³/mol. The second-order valence-electron chi connectivity index (χ2n) is 34.7. The standard InChI is InChI=1S/C87H131N21O26/c1-12-45(10)71(107-83(129)63(36-70(117)118)99-73(119)52(88)29-41(2)3)85(131)98-56(23-27-68(91)114)74(120)95-54(21-25-66(89)112)75(121)100-58(30-42(4)5)78(124)103-61(33-47-17-19-50(111)20-18-47)80(126)104-62(34-48-37-93-53-16-14-13-15-51(48)53)81(127)96-57(24-28-69(115)116)77(123)101-59(31-43(6)7)79(125)106-65(39-109)84(130)97-55(22-26-67(90)113)76(122)102-60(32-44(8)9)82(128)108-72(46(11)110)86(132)105-64(87(133)134)35-49-38-92-40-94-49/h13-20,37-38,40-46,52,54-65,71-72,93,109-111H,12,21-36,39,88H2,1-11H3,(H2,89,112)(H2,90,113)(H2,91,114)(H,92,94)(H,95,120)(H,96,127)(H,97,130)(H,98,131)(H,99,119)(H,100,121)(H,101,123)(H,102,122)(H,103,124)(H,104,126)(H,105,132)(H,106,125)(H,107,129)(H,108,128)(H,115,116)(H,117,118)(H,133,134)/t45-,46+,52-,54-,55-,56-,57-,58-,59-,60-,61-,62-,63-,64-,65-,71-,72-/m0/s1. The molecule has 0 saturated heterocycles. The normalized spacial score (nSPS) is 15.1. The van der Waals surface area contributed by atoms with Crippen molar-refractivity contribution in [2.75, 3.05) is 6.61 Å². The van der Waals surface area contributed by atoms with E-state index in [0.717, 1.165) is 6.92 Å². The van der Waals surface area contributed by atoms with E-state index in [1.807, 2.05) is 0 Å². The molecule has 740 valence electrons. The molecule has 47 heteroatoms. The molecule has 47 nitrogen and oxygen atoms in total. The number of rotatable bonds is 61. The number of fused-ring (bicyclic) bond motifs is 1. The van der Waals surface area contributed by atoms with Crippen molar-refractivity contribution >= 4 is 129 Å². The Morgan fingerprint density at radius 3 is 1.16 bits per heavy atom. The average molecular weight is 1890 g/mol. The third-order valence-electron chi connectivity index (χ3n) is 21.3. The van der Waals surface area contributed by atoms with Gasteiger partial charge in [0.1, 0.15) is 90.3 Å². The largest absolute Gasteiger partial charge is 0.508 e. The molecule has 4 rings (SSSR count). The molecule has 0 fully saturated rings. The monoisotopic (exact) mass is 1890 g/mol. The Morgan fingerprint density at radius 2 is 0.754 bits per heavy atom. The zero-order valence-corrected chi connectivity index (χ0v) is 76.8. The zero-order chi connectivity index (χ0) is 101. The number of phenols is 1. The number of carbonyl (C=O) groups is 20. The van der Waals surface area contributed by atoms with Crippen LogP contribution in [0, 0.1) is 29.6 Å². The van der Waals surface area contributed by atoms with Crippen LogP contribution in [0.2, 0.25) is 0 Å². The van der Waals surface area contributed by atoms with Crippen LogP contribution in [0.15, 0.2) is 67.3 Å². The second kappa shape index (κ2) is 55.6. The van der Waals surface area contributed by atoms with Gasteiger partial charge >= 0.3 is 17.9 Å². The number of aliphatic hydroxyl groups is 2. The van der Waals surface area contributed by atoms with E-state index < -0.39 is 316 Å². The summed E-state index contributed by atoms with van der Waals surface area (Å²) in [4.78, 5) is 285. The number of hydrogen-bond acceptors (Lipinski definition) is 25. The number of benzene rings is 2. The number of aromatic nitrogens is 3. The van der Waals surface area contributed by atoms with E-state index in [4.69, 9.17) is 22.9 Å². The van der Waals surface area contributed by atoms with Crippen molar-refractivity contribution < 1.29 is 127 Å². The number of carboxylic acid groups (broad SMARTS) is 3. The molecule has 4 aromatic rings. The van der Waals surface area contributed by atoms with Crippen LogP contribution in [0.5, 0.6) is 5.75 Å². The van der Waals surface area contributed by atoms with Crippen LogP contribution >= 0.6 is 0 Å². The summed E-state index contributed by atoms with van der Waals surface area (Å²) in [6.45, 7) is 16.4. The highest BCUT2D eigenvalue weighted by molar-refractivity contribution is 6.02. The summed E-state index contributed by atoms with van der Waals surface area (Å²) in [5.41, 5.74) is 24.0. The first kappa shape index (κ1) is 113. The third-order valence-corrected chi connectivity index (χ3v) is 21.3. The summed E-state index contributed by atoms with van der Waals surface area (Å²) in [6.07, 6.45) is -4.97. The van der Waals surface area contributed by atoms with E-state index in [2.05, 4.69) is 89.4 Å². The number of para-hydroxylation sites is 1. The Kier molecular flexibility index (Phi) is 46.7. The van der Waals surface area contributed by atoms with Gasteiger partial charge in [-0.25, -0.2) is 9.78 Å². The molecular formula is C87H131N21O26. The summed E-state index contributed by atoms with van der Waals surface area (Å²) in [7, 11) is 0. The molecule has 0 spiro atoms. The molecule has 0 aliphatic carbocycles. The van der Waals surface area contributed by atoms with Gasteiger partial charge in [0, 0.05) is 73.9 Å². The lowest BCUT2D eigenvalue weighted by Crippen LogP contribution is -2.62. The number of imidazole rings is 1.